The summed E-state index contributed by atoms with van der Waals surface area (Å²) in [5.41, 5.74) is 11.9. The van der Waals surface area contributed by atoms with Crippen molar-refractivity contribution in [3.63, 3.8) is 0 Å². The molecule has 0 aliphatic carbocycles. The largest absolute Gasteiger partial charge is 0.383 e. The molecule has 0 fully saturated rings. The number of nitrogens with two attached hydrogens (primary N) is 2. The standard InChI is InChI=1S/C11H18N4O/c1-8(2)15(7-10(12)16)6-9-4-3-5-14-11(9)13/h3-5,8H,6-7H2,1-2H3,(H2,12,16)(H2,13,14). The van der Waals surface area contributed by atoms with Crippen LogP contribution in [0.4, 0.5) is 5.82 Å². The van der Waals surface area contributed by atoms with Crippen LogP contribution in [0, 0.1) is 0 Å². The summed E-state index contributed by atoms with van der Waals surface area (Å²) in [6.07, 6.45) is 1.65. The van der Waals surface area contributed by atoms with Gasteiger partial charge in [-0.15, -0.1) is 0 Å². The topological polar surface area (TPSA) is 85.2 Å². The van der Waals surface area contributed by atoms with E-state index < -0.39 is 0 Å². The molecule has 1 aromatic heterocycles. The highest BCUT2D eigenvalue weighted by Crippen LogP contribution is 2.12. The summed E-state index contributed by atoms with van der Waals surface area (Å²) < 4.78 is 0. The lowest BCUT2D eigenvalue weighted by atomic mass is 10.2. The molecule has 5 heteroatoms. The number of nitrogens with zero attached hydrogens (tertiary/aromatic N) is 2. The van der Waals surface area contributed by atoms with Crippen LogP contribution < -0.4 is 11.5 Å². The van der Waals surface area contributed by atoms with Crippen LogP contribution in [0.3, 0.4) is 0 Å². The van der Waals surface area contributed by atoms with Gasteiger partial charge in [0.2, 0.25) is 5.91 Å². The zero-order valence-corrected chi connectivity index (χ0v) is 9.68. The van der Waals surface area contributed by atoms with Crippen LogP contribution in [0.1, 0.15) is 19.4 Å². The molecule has 16 heavy (non-hydrogen) atoms. The van der Waals surface area contributed by atoms with Crippen molar-refractivity contribution in [3.05, 3.63) is 23.9 Å². The number of aromatic nitrogens is 1. The van der Waals surface area contributed by atoms with Crippen molar-refractivity contribution >= 4 is 11.7 Å². The van der Waals surface area contributed by atoms with Crippen LogP contribution in [0.2, 0.25) is 0 Å². The molecule has 0 atom stereocenters. The van der Waals surface area contributed by atoms with E-state index in [0.717, 1.165) is 5.56 Å². The molecular weight excluding hydrogens is 204 g/mol. The van der Waals surface area contributed by atoms with Crippen LogP contribution >= 0.6 is 0 Å². The van der Waals surface area contributed by atoms with E-state index in [9.17, 15) is 4.79 Å². The van der Waals surface area contributed by atoms with Gasteiger partial charge in [0, 0.05) is 24.3 Å². The van der Waals surface area contributed by atoms with Gasteiger partial charge < -0.3 is 11.5 Å². The number of rotatable bonds is 5. The second-order valence-corrected chi connectivity index (χ2v) is 4.01. The van der Waals surface area contributed by atoms with Gasteiger partial charge in [-0.25, -0.2) is 4.98 Å². The molecule has 88 valence electrons. The zero-order valence-electron chi connectivity index (χ0n) is 9.68. The van der Waals surface area contributed by atoms with Crippen molar-refractivity contribution in [2.45, 2.75) is 26.4 Å². The number of anilines is 1. The molecule has 0 bridgehead atoms. The van der Waals surface area contributed by atoms with Gasteiger partial charge in [-0.05, 0) is 19.9 Å². The molecule has 1 amide bonds. The molecule has 1 rings (SSSR count). The van der Waals surface area contributed by atoms with Gasteiger partial charge in [-0.3, -0.25) is 9.69 Å². The smallest absolute Gasteiger partial charge is 0.231 e. The molecule has 4 N–H and O–H groups in total. The first kappa shape index (κ1) is 12.4. The molecule has 0 aliphatic heterocycles. The van der Waals surface area contributed by atoms with E-state index in [-0.39, 0.29) is 18.5 Å². The second-order valence-electron chi connectivity index (χ2n) is 4.01. The number of pyridine rings is 1. The molecule has 0 aliphatic rings. The fraction of sp³-hybridized carbons (Fsp3) is 0.455. The first-order valence-corrected chi connectivity index (χ1v) is 5.22. The molecule has 1 aromatic rings. The van der Waals surface area contributed by atoms with Crippen molar-refractivity contribution in [1.29, 1.82) is 0 Å². The number of primary amides is 1. The molecule has 0 unspecified atom stereocenters. The molecule has 0 saturated heterocycles. The van der Waals surface area contributed by atoms with Crippen molar-refractivity contribution in [1.82, 2.24) is 9.88 Å². The van der Waals surface area contributed by atoms with E-state index >= 15 is 0 Å². The number of carbonyl (C=O) groups is 1. The molecule has 0 aromatic carbocycles. The van der Waals surface area contributed by atoms with Crippen LogP contribution in [-0.4, -0.2) is 28.4 Å². The maximum atomic E-state index is 10.9. The highest BCUT2D eigenvalue weighted by Gasteiger charge is 2.14. The summed E-state index contributed by atoms with van der Waals surface area (Å²) in [5, 5.41) is 0. The SMILES string of the molecule is CC(C)N(CC(N)=O)Cc1cccnc1N. The normalized spacial score (nSPS) is 11.0. The van der Waals surface area contributed by atoms with Gasteiger partial charge >= 0.3 is 0 Å². The summed E-state index contributed by atoms with van der Waals surface area (Å²) in [4.78, 5) is 16.9. The predicted octanol–water partition coefficient (Wildman–Crippen LogP) is 0.359. The fourth-order valence-electron chi connectivity index (χ4n) is 1.42. The first-order chi connectivity index (χ1) is 7.50. The minimum atomic E-state index is -0.337. The quantitative estimate of drug-likeness (QED) is 0.753. The summed E-state index contributed by atoms with van der Waals surface area (Å²) in [6.45, 7) is 4.83. The van der Waals surface area contributed by atoms with E-state index in [1.54, 1.807) is 6.20 Å². The second kappa shape index (κ2) is 5.46. The number of nitrogen functional groups attached to an aromatic ring is 1. The van der Waals surface area contributed by atoms with Crippen LogP contribution in [0.5, 0.6) is 0 Å². The monoisotopic (exact) mass is 222 g/mol. The molecule has 1 heterocycles. The van der Waals surface area contributed by atoms with E-state index in [2.05, 4.69) is 4.98 Å². The van der Waals surface area contributed by atoms with E-state index in [0.29, 0.717) is 12.4 Å². The van der Waals surface area contributed by atoms with E-state index in [4.69, 9.17) is 11.5 Å². The number of hydrogen-bond donors (Lipinski definition) is 2. The van der Waals surface area contributed by atoms with Gasteiger partial charge in [-0.1, -0.05) is 6.07 Å². The molecule has 0 saturated carbocycles. The third-order valence-corrected chi connectivity index (χ3v) is 2.39. The van der Waals surface area contributed by atoms with Gasteiger partial charge in [0.25, 0.3) is 0 Å². The predicted molar refractivity (Wildman–Crippen MR) is 63.4 cm³/mol. The van der Waals surface area contributed by atoms with Crippen molar-refractivity contribution < 1.29 is 4.79 Å². The first-order valence-electron chi connectivity index (χ1n) is 5.22. The number of amides is 1. The Bertz CT molecular complexity index is 365. The molecule has 5 nitrogen and oxygen atoms in total. The zero-order chi connectivity index (χ0) is 12.1. The maximum Gasteiger partial charge on any atom is 0.231 e. The molecule has 0 radical (unpaired) electrons. The summed E-state index contributed by atoms with van der Waals surface area (Å²) in [6, 6.07) is 3.96. The van der Waals surface area contributed by atoms with Gasteiger partial charge in [0.1, 0.15) is 5.82 Å². The van der Waals surface area contributed by atoms with Crippen LogP contribution in [0.25, 0.3) is 0 Å². The van der Waals surface area contributed by atoms with Gasteiger partial charge in [-0.2, -0.15) is 0 Å². The average Bonchev–Trinajstić information content (AvgIpc) is 2.19. The fourth-order valence-corrected chi connectivity index (χ4v) is 1.42. The Balaban J connectivity index is 2.76. The Morgan fingerprint density at radius 1 is 1.56 bits per heavy atom. The van der Waals surface area contributed by atoms with E-state index in [1.165, 1.54) is 0 Å². The lowest BCUT2D eigenvalue weighted by Crippen LogP contribution is -2.38. The lowest BCUT2D eigenvalue weighted by Gasteiger charge is -2.25. The minimum absolute atomic E-state index is 0.228. The summed E-state index contributed by atoms with van der Waals surface area (Å²) >= 11 is 0. The Labute approximate surface area is 95.4 Å². The molecular formula is C11H18N4O. The third kappa shape index (κ3) is 3.51. The average molecular weight is 222 g/mol. The highest BCUT2D eigenvalue weighted by atomic mass is 16.1. The van der Waals surface area contributed by atoms with Crippen LogP contribution in [-0.2, 0) is 11.3 Å². The summed E-state index contributed by atoms with van der Waals surface area (Å²) in [5.74, 6) is 0.161. The van der Waals surface area contributed by atoms with Crippen molar-refractivity contribution in [2.75, 3.05) is 12.3 Å². The Hall–Kier alpha value is -1.62. The molecule has 0 spiro atoms. The van der Waals surface area contributed by atoms with Gasteiger partial charge in [0.05, 0.1) is 6.54 Å². The highest BCUT2D eigenvalue weighted by molar-refractivity contribution is 5.76. The van der Waals surface area contributed by atoms with Crippen molar-refractivity contribution in [2.24, 2.45) is 5.73 Å². The Morgan fingerprint density at radius 2 is 2.25 bits per heavy atom. The van der Waals surface area contributed by atoms with Crippen molar-refractivity contribution in [3.8, 4) is 0 Å². The maximum absolute atomic E-state index is 10.9. The van der Waals surface area contributed by atoms with E-state index in [1.807, 2.05) is 30.9 Å². The number of hydrogen-bond acceptors (Lipinski definition) is 4. The van der Waals surface area contributed by atoms with Gasteiger partial charge in [0.15, 0.2) is 0 Å². The Morgan fingerprint density at radius 3 is 2.75 bits per heavy atom. The minimum Gasteiger partial charge on any atom is -0.383 e. The Kier molecular flexibility index (Phi) is 4.25. The third-order valence-electron chi connectivity index (χ3n) is 2.39. The van der Waals surface area contributed by atoms with Crippen LogP contribution in [0.15, 0.2) is 18.3 Å². The summed E-state index contributed by atoms with van der Waals surface area (Å²) in [7, 11) is 0. The number of carbonyl (C=O) groups excluding carboxylic acids is 1. The lowest BCUT2D eigenvalue weighted by molar-refractivity contribution is -0.119.